The van der Waals surface area contributed by atoms with E-state index in [2.05, 4.69) is 12.2 Å². The molecule has 0 aromatic heterocycles. The molecule has 1 aromatic rings. The van der Waals surface area contributed by atoms with Crippen molar-refractivity contribution in [3.63, 3.8) is 0 Å². The molecule has 0 saturated heterocycles. The van der Waals surface area contributed by atoms with E-state index in [0.717, 1.165) is 17.5 Å². The molecule has 1 aliphatic rings. The minimum Gasteiger partial charge on any atom is -0.380 e. The third kappa shape index (κ3) is 3.80. The zero-order chi connectivity index (χ0) is 13.7. The lowest BCUT2D eigenvalue weighted by Crippen LogP contribution is -2.41. The predicted octanol–water partition coefficient (Wildman–Crippen LogP) is 3.14. The number of benzene rings is 1. The van der Waals surface area contributed by atoms with Crippen molar-refractivity contribution in [1.29, 1.82) is 0 Å². The lowest BCUT2D eigenvalue weighted by atomic mass is 9.86. The molecule has 0 radical (unpaired) electrons. The second-order valence-corrected chi connectivity index (χ2v) is 5.47. The summed E-state index contributed by atoms with van der Waals surface area (Å²) in [5.41, 5.74) is 1.82. The first-order valence-electron chi connectivity index (χ1n) is 7.09. The van der Waals surface area contributed by atoms with Gasteiger partial charge in [0.15, 0.2) is 0 Å². The summed E-state index contributed by atoms with van der Waals surface area (Å²) >= 11 is 0. The first-order chi connectivity index (χ1) is 9.20. The quantitative estimate of drug-likeness (QED) is 0.904. The molecule has 2 atom stereocenters. The third-order valence-corrected chi connectivity index (χ3v) is 3.96. The van der Waals surface area contributed by atoms with Crippen LogP contribution in [0.1, 0.15) is 48.5 Å². The predicted molar refractivity (Wildman–Crippen MR) is 76.0 cm³/mol. The van der Waals surface area contributed by atoms with Crippen LogP contribution in [0.5, 0.6) is 0 Å². The van der Waals surface area contributed by atoms with Crippen molar-refractivity contribution in [2.45, 2.75) is 45.3 Å². The van der Waals surface area contributed by atoms with Crippen LogP contribution in [0.4, 0.5) is 0 Å². The summed E-state index contributed by atoms with van der Waals surface area (Å²) in [6.07, 6.45) is 4.84. The average molecular weight is 261 g/mol. The molecule has 0 aliphatic heterocycles. The number of rotatable bonds is 4. The van der Waals surface area contributed by atoms with Gasteiger partial charge in [0.2, 0.25) is 0 Å². The SMILES string of the molecule is COCc1ccc(C(=O)N[C@@H]2CCCC[C@@H]2C)cc1. The number of amides is 1. The zero-order valence-electron chi connectivity index (χ0n) is 11.8. The van der Waals surface area contributed by atoms with Gasteiger partial charge in [-0.25, -0.2) is 0 Å². The van der Waals surface area contributed by atoms with Crippen molar-refractivity contribution in [2.24, 2.45) is 5.92 Å². The van der Waals surface area contributed by atoms with E-state index in [-0.39, 0.29) is 5.91 Å². The van der Waals surface area contributed by atoms with Crippen LogP contribution in [0, 0.1) is 5.92 Å². The molecule has 1 aromatic carbocycles. The summed E-state index contributed by atoms with van der Waals surface area (Å²) in [6, 6.07) is 7.97. The Morgan fingerprint density at radius 1 is 1.26 bits per heavy atom. The maximum Gasteiger partial charge on any atom is 0.251 e. The normalized spacial score (nSPS) is 23.1. The molecule has 3 nitrogen and oxygen atoms in total. The van der Waals surface area contributed by atoms with E-state index in [1.807, 2.05) is 24.3 Å². The Labute approximate surface area is 115 Å². The van der Waals surface area contributed by atoms with Gasteiger partial charge in [-0.3, -0.25) is 4.79 Å². The van der Waals surface area contributed by atoms with Gasteiger partial charge in [0.1, 0.15) is 0 Å². The Kier molecular flexibility index (Phi) is 4.97. The molecule has 19 heavy (non-hydrogen) atoms. The molecule has 3 heteroatoms. The molecule has 104 valence electrons. The maximum absolute atomic E-state index is 12.2. The van der Waals surface area contributed by atoms with Crippen molar-refractivity contribution in [3.8, 4) is 0 Å². The highest BCUT2D eigenvalue weighted by Crippen LogP contribution is 2.24. The van der Waals surface area contributed by atoms with E-state index in [1.54, 1.807) is 7.11 Å². The number of methoxy groups -OCH3 is 1. The van der Waals surface area contributed by atoms with Gasteiger partial charge in [0, 0.05) is 18.7 Å². The minimum absolute atomic E-state index is 0.0442. The average Bonchev–Trinajstić information content (AvgIpc) is 2.42. The third-order valence-electron chi connectivity index (χ3n) is 3.96. The van der Waals surface area contributed by atoms with E-state index in [4.69, 9.17) is 4.74 Å². The highest BCUT2D eigenvalue weighted by molar-refractivity contribution is 5.94. The molecular formula is C16H23NO2. The van der Waals surface area contributed by atoms with Gasteiger partial charge in [0.05, 0.1) is 6.61 Å². The monoisotopic (exact) mass is 261 g/mol. The fourth-order valence-electron chi connectivity index (χ4n) is 2.70. The van der Waals surface area contributed by atoms with Gasteiger partial charge in [0.25, 0.3) is 5.91 Å². The summed E-state index contributed by atoms with van der Waals surface area (Å²) in [7, 11) is 1.67. The maximum atomic E-state index is 12.2. The highest BCUT2D eigenvalue weighted by Gasteiger charge is 2.23. The van der Waals surface area contributed by atoms with E-state index < -0.39 is 0 Å². The molecule has 1 aliphatic carbocycles. The molecule has 2 rings (SSSR count). The van der Waals surface area contributed by atoms with Gasteiger partial charge in [-0.15, -0.1) is 0 Å². The molecule has 0 bridgehead atoms. The van der Waals surface area contributed by atoms with Crippen LogP contribution in [0.2, 0.25) is 0 Å². The van der Waals surface area contributed by atoms with E-state index in [1.165, 1.54) is 19.3 Å². The van der Waals surface area contributed by atoms with Crippen molar-refractivity contribution >= 4 is 5.91 Å². The van der Waals surface area contributed by atoms with Gasteiger partial charge in [-0.1, -0.05) is 31.9 Å². The van der Waals surface area contributed by atoms with E-state index in [0.29, 0.717) is 18.6 Å². The minimum atomic E-state index is 0.0442. The lowest BCUT2D eigenvalue weighted by molar-refractivity contribution is 0.0910. The number of carbonyl (C=O) groups excluding carboxylic acids is 1. The molecular weight excluding hydrogens is 238 g/mol. The van der Waals surface area contributed by atoms with Crippen LogP contribution in [-0.2, 0) is 11.3 Å². The topological polar surface area (TPSA) is 38.3 Å². The van der Waals surface area contributed by atoms with Gasteiger partial charge in [-0.05, 0) is 36.5 Å². The standard InChI is InChI=1S/C16H23NO2/c1-12-5-3-4-6-15(12)17-16(18)14-9-7-13(8-10-14)11-19-2/h7-10,12,15H,3-6,11H2,1-2H3,(H,17,18)/t12-,15+/m0/s1. The fraction of sp³-hybridized carbons (Fsp3) is 0.562. The summed E-state index contributed by atoms with van der Waals surface area (Å²) in [5.74, 6) is 0.633. The van der Waals surface area contributed by atoms with E-state index in [9.17, 15) is 4.79 Å². The molecule has 0 spiro atoms. The first kappa shape index (κ1) is 14.1. The Balaban J connectivity index is 1.95. The zero-order valence-corrected chi connectivity index (χ0v) is 11.8. The van der Waals surface area contributed by atoms with Crippen molar-refractivity contribution in [3.05, 3.63) is 35.4 Å². The highest BCUT2D eigenvalue weighted by atomic mass is 16.5. The summed E-state index contributed by atoms with van der Waals surface area (Å²) in [6.45, 7) is 2.81. The van der Waals surface area contributed by atoms with Gasteiger partial charge < -0.3 is 10.1 Å². The van der Waals surface area contributed by atoms with E-state index >= 15 is 0 Å². The summed E-state index contributed by atoms with van der Waals surface area (Å²) in [5, 5.41) is 3.17. The molecule has 0 heterocycles. The Hall–Kier alpha value is -1.35. The molecule has 1 saturated carbocycles. The van der Waals surface area contributed by atoms with Crippen LogP contribution < -0.4 is 5.32 Å². The summed E-state index contributed by atoms with van der Waals surface area (Å²) < 4.78 is 5.06. The van der Waals surface area contributed by atoms with Crippen LogP contribution >= 0.6 is 0 Å². The van der Waals surface area contributed by atoms with Crippen LogP contribution in [0.15, 0.2) is 24.3 Å². The Morgan fingerprint density at radius 3 is 2.58 bits per heavy atom. The molecule has 1 amide bonds. The number of hydrogen-bond donors (Lipinski definition) is 1. The second-order valence-electron chi connectivity index (χ2n) is 5.47. The van der Waals surface area contributed by atoms with Crippen LogP contribution in [0.3, 0.4) is 0 Å². The van der Waals surface area contributed by atoms with Crippen molar-refractivity contribution < 1.29 is 9.53 Å². The molecule has 1 N–H and O–H groups in total. The number of ether oxygens (including phenoxy) is 1. The molecule has 1 fully saturated rings. The number of nitrogens with one attached hydrogen (secondary N) is 1. The van der Waals surface area contributed by atoms with Crippen LogP contribution in [0.25, 0.3) is 0 Å². The van der Waals surface area contributed by atoms with Gasteiger partial charge >= 0.3 is 0 Å². The van der Waals surface area contributed by atoms with Crippen molar-refractivity contribution in [1.82, 2.24) is 5.32 Å². The fourth-order valence-corrected chi connectivity index (χ4v) is 2.70. The summed E-state index contributed by atoms with van der Waals surface area (Å²) in [4.78, 5) is 12.2. The smallest absolute Gasteiger partial charge is 0.251 e. The molecule has 0 unspecified atom stereocenters. The van der Waals surface area contributed by atoms with Crippen LogP contribution in [-0.4, -0.2) is 19.1 Å². The first-order valence-corrected chi connectivity index (χ1v) is 7.09. The number of hydrogen-bond acceptors (Lipinski definition) is 2. The Bertz CT molecular complexity index is 413. The number of carbonyl (C=O) groups is 1. The van der Waals surface area contributed by atoms with Crippen molar-refractivity contribution in [2.75, 3.05) is 7.11 Å². The lowest BCUT2D eigenvalue weighted by Gasteiger charge is -2.29. The van der Waals surface area contributed by atoms with Gasteiger partial charge in [-0.2, -0.15) is 0 Å². The Morgan fingerprint density at radius 2 is 1.95 bits per heavy atom. The largest absolute Gasteiger partial charge is 0.380 e. The second kappa shape index (κ2) is 6.71.